The molecule has 0 radical (unpaired) electrons. The number of hydrogen-bond donors (Lipinski definition) is 2. The Morgan fingerprint density at radius 2 is 1.64 bits per heavy atom. The molecule has 0 aliphatic carbocycles. The quantitative estimate of drug-likeness (QED) is 0.102. The monoisotopic (exact) mass is 615 g/mol. The third kappa shape index (κ3) is 8.47. The third-order valence-electron chi connectivity index (χ3n) is 6.82. The van der Waals surface area contributed by atoms with E-state index in [4.69, 9.17) is 9.47 Å². The maximum absolute atomic E-state index is 13.0. The summed E-state index contributed by atoms with van der Waals surface area (Å²) < 4.78 is 12.6. The summed E-state index contributed by atoms with van der Waals surface area (Å²) in [5, 5.41) is 15.0. The minimum absolute atomic E-state index is 0.0711. The van der Waals surface area contributed by atoms with Crippen molar-refractivity contribution >= 4 is 35.2 Å². The Bertz CT molecular complexity index is 1590. The van der Waals surface area contributed by atoms with Crippen molar-refractivity contribution < 1.29 is 23.9 Å². The summed E-state index contributed by atoms with van der Waals surface area (Å²) in [7, 11) is 0. The van der Waals surface area contributed by atoms with Crippen LogP contribution in [0.3, 0.4) is 0 Å². The van der Waals surface area contributed by atoms with Gasteiger partial charge in [0.25, 0.3) is 5.91 Å². The summed E-state index contributed by atoms with van der Waals surface area (Å²) in [5.74, 6) is 0.424. The number of thioether (sulfide) groups is 1. The molecular weight excluding hydrogens is 578 g/mol. The normalized spacial score (nSPS) is 10.7. The number of anilines is 1. The SMILES string of the molecule is CCCCOc1ccc(C(=O)NCc2nnc(SCC(=O)Nc3ccc(C(=O)OCC)cc3)n2-c2cccc(C)c2C)cc1. The highest BCUT2D eigenvalue weighted by atomic mass is 32.2. The highest BCUT2D eigenvalue weighted by Gasteiger charge is 2.19. The Balaban J connectivity index is 1.45. The molecule has 1 aromatic heterocycles. The number of carbonyl (C=O) groups is 3. The molecule has 1 heterocycles. The van der Waals surface area contributed by atoms with Crippen LogP contribution in [0.1, 0.15) is 64.4 Å². The lowest BCUT2D eigenvalue weighted by Crippen LogP contribution is -2.24. The van der Waals surface area contributed by atoms with Gasteiger partial charge in [-0.1, -0.05) is 37.2 Å². The predicted molar refractivity (Wildman–Crippen MR) is 171 cm³/mol. The van der Waals surface area contributed by atoms with Crippen molar-refractivity contribution in [1.29, 1.82) is 0 Å². The molecule has 0 saturated heterocycles. The van der Waals surface area contributed by atoms with Crippen LogP contribution in [0.15, 0.2) is 71.9 Å². The fraction of sp³-hybridized carbons (Fsp3) is 0.303. The van der Waals surface area contributed by atoms with Gasteiger partial charge in [-0.15, -0.1) is 10.2 Å². The van der Waals surface area contributed by atoms with Gasteiger partial charge in [0.1, 0.15) is 5.75 Å². The van der Waals surface area contributed by atoms with Crippen molar-refractivity contribution in [3.63, 3.8) is 0 Å². The zero-order valence-corrected chi connectivity index (χ0v) is 26.2. The van der Waals surface area contributed by atoms with Gasteiger partial charge in [0, 0.05) is 11.3 Å². The van der Waals surface area contributed by atoms with Crippen LogP contribution in [0.2, 0.25) is 0 Å². The van der Waals surface area contributed by atoms with E-state index >= 15 is 0 Å². The second kappa shape index (κ2) is 15.7. The zero-order chi connectivity index (χ0) is 31.5. The number of aryl methyl sites for hydroxylation is 1. The number of benzene rings is 3. The van der Waals surface area contributed by atoms with E-state index in [1.54, 1.807) is 55.5 Å². The molecule has 230 valence electrons. The first-order valence-corrected chi connectivity index (χ1v) is 15.5. The Hall–Kier alpha value is -4.64. The molecule has 10 nitrogen and oxygen atoms in total. The molecular formula is C33H37N5O5S. The first kappa shape index (κ1) is 32.3. The van der Waals surface area contributed by atoms with Gasteiger partial charge in [-0.3, -0.25) is 14.2 Å². The van der Waals surface area contributed by atoms with Crippen LogP contribution in [0.5, 0.6) is 5.75 Å². The largest absolute Gasteiger partial charge is 0.494 e. The number of nitrogens with zero attached hydrogens (tertiary/aromatic N) is 3. The van der Waals surface area contributed by atoms with Crippen molar-refractivity contribution in [1.82, 2.24) is 20.1 Å². The van der Waals surface area contributed by atoms with Crippen LogP contribution in [-0.4, -0.2) is 51.5 Å². The first-order chi connectivity index (χ1) is 21.3. The van der Waals surface area contributed by atoms with Gasteiger partial charge in [-0.25, -0.2) is 4.79 Å². The predicted octanol–water partition coefficient (Wildman–Crippen LogP) is 5.90. The number of nitrogens with one attached hydrogen (secondary N) is 2. The van der Waals surface area contributed by atoms with Crippen LogP contribution in [0, 0.1) is 13.8 Å². The maximum atomic E-state index is 13.0. The van der Waals surface area contributed by atoms with Crippen LogP contribution < -0.4 is 15.4 Å². The van der Waals surface area contributed by atoms with E-state index in [2.05, 4.69) is 27.8 Å². The molecule has 0 aliphatic rings. The number of unbranched alkanes of at least 4 members (excludes halogenated alkanes) is 1. The number of ether oxygens (including phenoxy) is 2. The topological polar surface area (TPSA) is 124 Å². The lowest BCUT2D eigenvalue weighted by atomic mass is 10.1. The molecule has 44 heavy (non-hydrogen) atoms. The Morgan fingerprint density at radius 3 is 2.34 bits per heavy atom. The molecule has 0 atom stereocenters. The van der Waals surface area contributed by atoms with E-state index < -0.39 is 5.97 Å². The van der Waals surface area contributed by atoms with Crippen LogP contribution in [0.25, 0.3) is 5.69 Å². The molecule has 4 aromatic rings. The highest BCUT2D eigenvalue weighted by molar-refractivity contribution is 7.99. The van der Waals surface area contributed by atoms with Crippen molar-refractivity contribution in [2.45, 2.75) is 52.2 Å². The highest BCUT2D eigenvalue weighted by Crippen LogP contribution is 2.26. The van der Waals surface area contributed by atoms with E-state index in [9.17, 15) is 14.4 Å². The number of rotatable bonds is 14. The van der Waals surface area contributed by atoms with Crippen molar-refractivity contribution in [3.8, 4) is 11.4 Å². The summed E-state index contributed by atoms with van der Waals surface area (Å²) in [6.45, 7) is 8.95. The van der Waals surface area contributed by atoms with Crippen LogP contribution >= 0.6 is 11.8 Å². The van der Waals surface area contributed by atoms with E-state index in [1.165, 1.54) is 11.8 Å². The first-order valence-electron chi connectivity index (χ1n) is 14.5. The number of carbonyl (C=O) groups excluding carboxylic acids is 3. The van der Waals surface area contributed by atoms with Gasteiger partial charge in [-0.2, -0.15) is 0 Å². The Kier molecular flexibility index (Phi) is 11.5. The fourth-order valence-electron chi connectivity index (χ4n) is 4.26. The minimum Gasteiger partial charge on any atom is -0.494 e. The molecule has 11 heteroatoms. The smallest absolute Gasteiger partial charge is 0.338 e. The summed E-state index contributed by atoms with van der Waals surface area (Å²) in [5.41, 5.74) is 4.47. The third-order valence-corrected chi connectivity index (χ3v) is 7.75. The number of esters is 1. The maximum Gasteiger partial charge on any atom is 0.338 e. The summed E-state index contributed by atoms with van der Waals surface area (Å²) >= 11 is 1.24. The van der Waals surface area contributed by atoms with E-state index in [0.29, 0.717) is 34.4 Å². The average Bonchev–Trinajstić information content (AvgIpc) is 3.43. The average molecular weight is 616 g/mol. The number of aromatic nitrogens is 3. The van der Waals surface area contributed by atoms with Gasteiger partial charge in [0.05, 0.1) is 36.8 Å². The van der Waals surface area contributed by atoms with Crippen LogP contribution in [-0.2, 0) is 16.1 Å². The van der Waals surface area contributed by atoms with E-state index in [1.807, 2.05) is 36.6 Å². The van der Waals surface area contributed by atoms with Crippen molar-refractivity contribution in [2.24, 2.45) is 0 Å². The van der Waals surface area contributed by atoms with Crippen LogP contribution in [0.4, 0.5) is 5.69 Å². The Morgan fingerprint density at radius 1 is 0.909 bits per heavy atom. The number of hydrogen-bond acceptors (Lipinski definition) is 8. The van der Waals surface area contributed by atoms with E-state index in [0.717, 1.165) is 35.4 Å². The van der Waals surface area contributed by atoms with Gasteiger partial charge in [-0.05, 0) is 92.9 Å². The minimum atomic E-state index is -0.413. The lowest BCUT2D eigenvalue weighted by molar-refractivity contribution is -0.113. The van der Waals surface area contributed by atoms with Gasteiger partial charge >= 0.3 is 5.97 Å². The molecule has 0 fully saturated rings. The Labute approximate surface area is 261 Å². The summed E-state index contributed by atoms with van der Waals surface area (Å²) in [4.78, 5) is 37.6. The molecule has 0 bridgehead atoms. The molecule has 0 saturated carbocycles. The van der Waals surface area contributed by atoms with E-state index in [-0.39, 0.29) is 30.7 Å². The van der Waals surface area contributed by atoms with Crippen molar-refractivity contribution in [3.05, 3.63) is 94.8 Å². The fourth-order valence-corrected chi connectivity index (χ4v) is 5.02. The zero-order valence-electron chi connectivity index (χ0n) is 25.4. The molecule has 3 aromatic carbocycles. The lowest BCUT2D eigenvalue weighted by Gasteiger charge is -2.15. The molecule has 2 amide bonds. The summed E-state index contributed by atoms with van der Waals surface area (Å²) in [6.07, 6.45) is 2.02. The molecule has 0 aliphatic heterocycles. The number of amides is 2. The second-order valence-electron chi connectivity index (χ2n) is 10.00. The molecule has 0 unspecified atom stereocenters. The standard InChI is InChI=1S/C33H37N5O5S/c1-5-7-19-43-27-17-13-24(14-18-27)31(40)34-20-29-36-37-33(38(29)28-10-8-9-22(3)23(28)4)44-21-30(39)35-26-15-11-25(12-16-26)32(41)42-6-2/h8-18H,5-7,19-21H2,1-4H3,(H,34,40)(H,35,39). The summed E-state index contributed by atoms with van der Waals surface area (Å²) in [6, 6.07) is 19.5. The van der Waals surface area contributed by atoms with Crippen molar-refractivity contribution in [2.75, 3.05) is 24.3 Å². The molecule has 0 spiro atoms. The van der Waals surface area contributed by atoms with Gasteiger partial charge < -0.3 is 20.1 Å². The second-order valence-corrected chi connectivity index (χ2v) is 10.9. The van der Waals surface area contributed by atoms with Gasteiger partial charge in [0.15, 0.2) is 11.0 Å². The van der Waals surface area contributed by atoms with Gasteiger partial charge in [0.2, 0.25) is 5.91 Å². The molecule has 4 rings (SSSR count). The molecule has 2 N–H and O–H groups in total.